The second kappa shape index (κ2) is 8.92. The van der Waals surface area contributed by atoms with Crippen LogP contribution in [0.4, 0.5) is 25.4 Å². The zero-order chi connectivity index (χ0) is 21.0. The number of rotatable bonds is 4. The van der Waals surface area contributed by atoms with Gasteiger partial charge in [0.15, 0.2) is 0 Å². The van der Waals surface area contributed by atoms with E-state index in [2.05, 4.69) is 5.32 Å². The quantitative estimate of drug-likeness (QED) is 0.485. The van der Waals surface area contributed by atoms with Crippen LogP contribution < -0.4 is 20.6 Å². The number of cyclic esters (lactones) is 1. The van der Waals surface area contributed by atoms with Gasteiger partial charge in [0.05, 0.1) is 37.6 Å². The first-order valence-electron chi connectivity index (χ1n) is 9.00. The number of benzene rings is 1. The summed E-state index contributed by atoms with van der Waals surface area (Å²) in [4.78, 5) is 42.7. The van der Waals surface area contributed by atoms with Gasteiger partial charge in [0.1, 0.15) is 11.9 Å². The van der Waals surface area contributed by atoms with Crippen molar-refractivity contribution in [2.75, 3.05) is 49.1 Å². The number of ether oxygens (including phenoxy) is 1. The predicted octanol–water partition coefficient (Wildman–Crippen LogP) is 0.439. The molecule has 4 amide bonds. The predicted molar refractivity (Wildman–Crippen MR) is 97.9 cm³/mol. The number of hydrogen-bond acceptors (Lipinski definition) is 7. The Kier molecular flexibility index (Phi) is 6.34. The lowest BCUT2D eigenvalue weighted by molar-refractivity contribution is -0.119. The number of halogens is 1. The number of carbonyl (C=O) groups excluding carboxylic acids is 3. The Labute approximate surface area is 165 Å². The highest BCUT2D eigenvalue weighted by atomic mass is 19.1. The number of anilines is 2. The second-order valence-electron chi connectivity index (χ2n) is 6.53. The standard InChI is InChI=1S/C17H22FN5O6/c1-11(24)19-9-13-10-22(17(26)29-13)12-2-3-15(14(18)8-12)21-4-5-23(16(25)20-27)28-7-6-21/h2-3,8,13,27H,4-7,9-10H2,1H3,(H,19,24)(H,20,25)/t13-/m0/s1. The molecule has 29 heavy (non-hydrogen) atoms. The molecule has 0 bridgehead atoms. The fraction of sp³-hybridized carbons (Fsp3) is 0.471. The van der Waals surface area contributed by atoms with Crippen molar-refractivity contribution in [3.8, 4) is 0 Å². The van der Waals surface area contributed by atoms with E-state index < -0.39 is 24.0 Å². The molecule has 2 fully saturated rings. The Balaban J connectivity index is 1.66. The molecule has 11 nitrogen and oxygen atoms in total. The lowest BCUT2D eigenvalue weighted by atomic mass is 10.2. The second-order valence-corrected chi connectivity index (χ2v) is 6.53. The number of nitrogens with one attached hydrogen (secondary N) is 2. The molecule has 0 saturated carbocycles. The number of nitrogens with zero attached hydrogens (tertiary/aromatic N) is 3. The van der Waals surface area contributed by atoms with E-state index in [0.29, 0.717) is 17.9 Å². The van der Waals surface area contributed by atoms with Crippen LogP contribution >= 0.6 is 0 Å². The minimum atomic E-state index is -0.802. The van der Waals surface area contributed by atoms with Gasteiger partial charge in [-0.15, -0.1) is 0 Å². The molecule has 2 saturated heterocycles. The largest absolute Gasteiger partial charge is 0.442 e. The van der Waals surface area contributed by atoms with Gasteiger partial charge in [0, 0.05) is 20.0 Å². The third-order valence-corrected chi connectivity index (χ3v) is 4.54. The summed E-state index contributed by atoms with van der Waals surface area (Å²) in [5.74, 6) is -0.771. The average molecular weight is 411 g/mol. The first kappa shape index (κ1) is 20.6. The molecule has 3 N–H and O–H groups in total. The first-order chi connectivity index (χ1) is 13.9. The molecule has 1 aromatic rings. The van der Waals surface area contributed by atoms with Crippen molar-refractivity contribution < 1.29 is 33.6 Å². The Morgan fingerprint density at radius 2 is 2.10 bits per heavy atom. The fourth-order valence-electron chi connectivity index (χ4n) is 3.12. The molecule has 2 aliphatic rings. The average Bonchev–Trinajstić information content (AvgIpc) is 2.90. The molecule has 158 valence electrons. The maximum Gasteiger partial charge on any atom is 0.414 e. The third kappa shape index (κ3) is 4.84. The summed E-state index contributed by atoms with van der Waals surface area (Å²) >= 11 is 0. The molecular weight excluding hydrogens is 389 g/mol. The zero-order valence-corrected chi connectivity index (χ0v) is 15.8. The molecule has 1 aromatic carbocycles. The number of amides is 4. The van der Waals surface area contributed by atoms with E-state index in [1.165, 1.54) is 23.4 Å². The summed E-state index contributed by atoms with van der Waals surface area (Å²) in [5.41, 5.74) is 2.13. The lowest BCUT2D eigenvalue weighted by Gasteiger charge is -2.23. The van der Waals surface area contributed by atoms with Gasteiger partial charge in [-0.25, -0.2) is 19.5 Å². The number of hydrogen-bond donors (Lipinski definition) is 3. The highest BCUT2D eigenvalue weighted by Gasteiger charge is 2.33. The van der Waals surface area contributed by atoms with Crippen molar-refractivity contribution in [1.82, 2.24) is 15.9 Å². The van der Waals surface area contributed by atoms with Gasteiger partial charge in [0.25, 0.3) is 0 Å². The van der Waals surface area contributed by atoms with Crippen LogP contribution in [0.1, 0.15) is 6.92 Å². The van der Waals surface area contributed by atoms with Crippen molar-refractivity contribution in [1.29, 1.82) is 0 Å². The Morgan fingerprint density at radius 1 is 1.31 bits per heavy atom. The van der Waals surface area contributed by atoms with Gasteiger partial charge in [-0.05, 0) is 18.2 Å². The van der Waals surface area contributed by atoms with Crippen molar-refractivity contribution >= 4 is 29.4 Å². The van der Waals surface area contributed by atoms with E-state index in [1.807, 2.05) is 0 Å². The summed E-state index contributed by atoms with van der Waals surface area (Å²) in [6, 6.07) is 3.58. The third-order valence-electron chi connectivity index (χ3n) is 4.54. The van der Waals surface area contributed by atoms with Gasteiger partial charge in [0.2, 0.25) is 5.91 Å². The Morgan fingerprint density at radius 3 is 2.79 bits per heavy atom. The Bertz CT molecular complexity index is 794. The van der Waals surface area contributed by atoms with Crippen LogP contribution in [0.15, 0.2) is 18.2 Å². The highest BCUT2D eigenvalue weighted by Crippen LogP contribution is 2.28. The molecule has 0 radical (unpaired) electrons. The number of urea groups is 1. The van der Waals surface area contributed by atoms with E-state index >= 15 is 0 Å². The minimum absolute atomic E-state index is 0.122. The van der Waals surface area contributed by atoms with Gasteiger partial charge < -0.3 is 15.0 Å². The molecule has 12 heteroatoms. The van der Waals surface area contributed by atoms with E-state index in [-0.39, 0.29) is 38.7 Å². The normalized spacial score (nSPS) is 19.6. The zero-order valence-electron chi connectivity index (χ0n) is 15.8. The van der Waals surface area contributed by atoms with Gasteiger partial charge >= 0.3 is 12.1 Å². The number of hydroxylamine groups is 3. The van der Waals surface area contributed by atoms with Gasteiger partial charge in [-0.1, -0.05) is 0 Å². The van der Waals surface area contributed by atoms with E-state index in [1.54, 1.807) is 17.0 Å². The Hall–Kier alpha value is -3.12. The van der Waals surface area contributed by atoms with Crippen LogP contribution in [-0.4, -0.2) is 73.7 Å². The summed E-state index contributed by atoms with van der Waals surface area (Å²) in [6.45, 7) is 2.61. The van der Waals surface area contributed by atoms with Crippen LogP contribution in [0.2, 0.25) is 0 Å². The highest BCUT2D eigenvalue weighted by molar-refractivity contribution is 5.90. The molecule has 0 unspecified atom stereocenters. The van der Waals surface area contributed by atoms with Crippen molar-refractivity contribution in [2.45, 2.75) is 13.0 Å². The van der Waals surface area contributed by atoms with Crippen LogP contribution in [0.25, 0.3) is 0 Å². The van der Waals surface area contributed by atoms with Crippen LogP contribution in [0.3, 0.4) is 0 Å². The maximum atomic E-state index is 14.8. The summed E-state index contributed by atoms with van der Waals surface area (Å²) in [7, 11) is 0. The number of carbonyl (C=O) groups is 3. The van der Waals surface area contributed by atoms with Crippen LogP contribution in [0.5, 0.6) is 0 Å². The topological polar surface area (TPSA) is 124 Å². The molecule has 0 aliphatic carbocycles. The van der Waals surface area contributed by atoms with E-state index in [0.717, 1.165) is 5.06 Å². The molecule has 0 spiro atoms. The maximum absolute atomic E-state index is 14.8. The fourth-order valence-corrected chi connectivity index (χ4v) is 3.12. The molecule has 3 rings (SSSR count). The van der Waals surface area contributed by atoms with Crippen molar-refractivity contribution in [2.24, 2.45) is 0 Å². The minimum Gasteiger partial charge on any atom is -0.442 e. The molecule has 2 aliphatic heterocycles. The lowest BCUT2D eigenvalue weighted by Crippen LogP contribution is -2.40. The monoisotopic (exact) mass is 411 g/mol. The van der Waals surface area contributed by atoms with E-state index in [9.17, 15) is 18.8 Å². The first-order valence-corrected chi connectivity index (χ1v) is 9.00. The molecule has 0 aromatic heterocycles. The van der Waals surface area contributed by atoms with Gasteiger partial charge in [-0.3, -0.25) is 19.7 Å². The molecular formula is C17H22FN5O6. The molecule has 1 atom stereocenters. The van der Waals surface area contributed by atoms with E-state index in [4.69, 9.17) is 14.8 Å². The van der Waals surface area contributed by atoms with Crippen molar-refractivity contribution in [3.63, 3.8) is 0 Å². The van der Waals surface area contributed by atoms with Crippen molar-refractivity contribution in [3.05, 3.63) is 24.0 Å². The summed E-state index contributed by atoms with van der Waals surface area (Å²) in [6.07, 6.45) is -1.12. The smallest absolute Gasteiger partial charge is 0.414 e. The molecule has 2 heterocycles. The summed E-state index contributed by atoms with van der Waals surface area (Å²) in [5, 5.41) is 12.2. The SMILES string of the molecule is CC(=O)NC[C@H]1CN(c2ccc(N3CCON(C(=O)NO)CC3)c(F)c2)C(=O)O1. The van der Waals surface area contributed by atoms with Gasteiger partial charge in [-0.2, -0.15) is 5.06 Å². The summed E-state index contributed by atoms with van der Waals surface area (Å²) < 4.78 is 20.0. The van der Waals surface area contributed by atoms with Crippen LogP contribution in [-0.2, 0) is 14.4 Å². The van der Waals surface area contributed by atoms with Crippen LogP contribution in [0, 0.1) is 5.82 Å².